The van der Waals surface area contributed by atoms with E-state index in [-0.39, 0.29) is 4.75 Å². The van der Waals surface area contributed by atoms with Gasteiger partial charge in [0.05, 0.1) is 6.54 Å². The van der Waals surface area contributed by atoms with Gasteiger partial charge in [-0.3, -0.25) is 14.8 Å². The molecule has 21 heavy (non-hydrogen) atoms. The summed E-state index contributed by atoms with van der Waals surface area (Å²) in [4.78, 5) is 9.93. The lowest BCUT2D eigenvalue weighted by Gasteiger charge is -2.47. The first-order valence-electron chi connectivity index (χ1n) is 8.08. The Labute approximate surface area is 133 Å². The van der Waals surface area contributed by atoms with Crippen LogP contribution in [-0.4, -0.2) is 85.2 Å². The lowest BCUT2D eigenvalue weighted by atomic mass is 10.1. The summed E-state index contributed by atoms with van der Waals surface area (Å²) in [6, 6.07) is 0.630. The number of fused-ring (bicyclic) bond motifs is 3. The molecule has 0 aromatic carbocycles. The summed E-state index contributed by atoms with van der Waals surface area (Å²) in [6.45, 7) is 15.5. The Morgan fingerprint density at radius 3 is 2.48 bits per heavy atom. The second-order valence-corrected chi connectivity index (χ2v) is 8.04. The van der Waals surface area contributed by atoms with Crippen molar-refractivity contribution in [3.05, 3.63) is 0 Å². The van der Waals surface area contributed by atoms with Crippen LogP contribution in [0, 0.1) is 0 Å². The smallest absolute Gasteiger partial charge is 0.191 e. The maximum Gasteiger partial charge on any atom is 0.191 e. The third kappa shape index (κ3) is 5.04. The molecule has 1 unspecified atom stereocenters. The van der Waals surface area contributed by atoms with E-state index in [1.54, 1.807) is 0 Å². The number of nitrogens with one attached hydrogen (secondary N) is 2. The number of hydrogen-bond donors (Lipinski definition) is 2. The van der Waals surface area contributed by atoms with Gasteiger partial charge in [0, 0.05) is 56.6 Å². The van der Waals surface area contributed by atoms with E-state index in [1.165, 1.54) is 32.7 Å². The molecule has 3 aliphatic rings. The highest BCUT2D eigenvalue weighted by molar-refractivity contribution is 7.99. The maximum atomic E-state index is 4.74. The van der Waals surface area contributed by atoms with Crippen LogP contribution in [0.2, 0.25) is 0 Å². The molecule has 0 saturated carbocycles. The summed E-state index contributed by atoms with van der Waals surface area (Å²) < 4.78 is 0.196. The van der Waals surface area contributed by atoms with Crippen molar-refractivity contribution in [1.82, 2.24) is 20.4 Å². The van der Waals surface area contributed by atoms with Gasteiger partial charge in [-0.05, 0) is 27.0 Å². The minimum atomic E-state index is 0.196. The Kier molecular flexibility index (Phi) is 6.20. The predicted molar refractivity (Wildman–Crippen MR) is 93.4 cm³/mol. The van der Waals surface area contributed by atoms with Gasteiger partial charge >= 0.3 is 0 Å². The van der Waals surface area contributed by atoms with Crippen molar-refractivity contribution in [2.45, 2.75) is 31.6 Å². The van der Waals surface area contributed by atoms with Crippen LogP contribution >= 0.6 is 11.8 Å². The molecule has 122 valence electrons. The molecule has 3 fully saturated rings. The average Bonchev–Trinajstić information content (AvgIpc) is 2.51. The highest BCUT2D eigenvalue weighted by Crippen LogP contribution is 2.21. The van der Waals surface area contributed by atoms with Crippen molar-refractivity contribution in [1.29, 1.82) is 0 Å². The quantitative estimate of drug-likeness (QED) is 0.558. The van der Waals surface area contributed by atoms with E-state index in [9.17, 15) is 0 Å². The number of nitrogens with zero attached hydrogens (tertiary/aromatic N) is 3. The molecule has 0 spiro atoms. The van der Waals surface area contributed by atoms with Crippen LogP contribution < -0.4 is 10.6 Å². The Bertz CT molecular complexity index is 350. The van der Waals surface area contributed by atoms with E-state index in [0.717, 1.165) is 25.6 Å². The molecule has 5 nitrogen and oxygen atoms in total. The van der Waals surface area contributed by atoms with E-state index in [1.807, 2.05) is 11.8 Å². The molecule has 0 aromatic rings. The zero-order valence-electron chi connectivity index (χ0n) is 14.0. The average molecular weight is 314 g/mol. The molecule has 3 rings (SSSR count). The Morgan fingerprint density at radius 2 is 1.95 bits per heavy atom. The molecule has 2 bridgehead atoms. The van der Waals surface area contributed by atoms with E-state index < -0.39 is 0 Å². The molecular formula is C15H31N5S. The van der Waals surface area contributed by atoms with Gasteiger partial charge in [0.2, 0.25) is 0 Å². The molecule has 0 aromatic heterocycles. The predicted octanol–water partition coefficient (Wildman–Crippen LogP) is 0.683. The summed E-state index contributed by atoms with van der Waals surface area (Å²) in [5.74, 6) is 0.956. The summed E-state index contributed by atoms with van der Waals surface area (Å²) in [7, 11) is 0. The minimum Gasteiger partial charge on any atom is -0.357 e. The highest BCUT2D eigenvalue weighted by atomic mass is 32.2. The fourth-order valence-electron chi connectivity index (χ4n) is 2.81. The number of aliphatic imine (C=N–C) groups is 1. The number of hydrogen-bond acceptors (Lipinski definition) is 4. The van der Waals surface area contributed by atoms with Crippen molar-refractivity contribution in [3.8, 4) is 0 Å². The Morgan fingerprint density at radius 1 is 1.24 bits per heavy atom. The molecular weight excluding hydrogens is 282 g/mol. The van der Waals surface area contributed by atoms with Crippen molar-refractivity contribution < 1.29 is 0 Å². The van der Waals surface area contributed by atoms with Crippen LogP contribution in [0.5, 0.6) is 0 Å². The first-order chi connectivity index (χ1) is 10.0. The van der Waals surface area contributed by atoms with Crippen molar-refractivity contribution >= 4 is 17.7 Å². The standard InChI is InChI=1S/C15H31N5S/c1-5-16-14(18-12-15(2,3)21-4)17-10-13-11-19-6-8-20(13)9-7-19/h13H,5-12H2,1-4H3,(H2,16,17,18). The normalized spacial score (nSPS) is 29.5. The fraction of sp³-hybridized carbons (Fsp3) is 0.933. The highest BCUT2D eigenvalue weighted by Gasteiger charge is 2.31. The SMILES string of the molecule is CCNC(=NCC(C)(C)SC)NCC1CN2CCN1CC2. The monoisotopic (exact) mass is 313 g/mol. The summed E-state index contributed by atoms with van der Waals surface area (Å²) in [6.07, 6.45) is 2.15. The lowest BCUT2D eigenvalue weighted by Crippen LogP contribution is -2.63. The van der Waals surface area contributed by atoms with Gasteiger partial charge < -0.3 is 10.6 Å². The molecule has 0 amide bonds. The van der Waals surface area contributed by atoms with Crippen molar-refractivity contribution in [3.63, 3.8) is 0 Å². The van der Waals surface area contributed by atoms with Crippen molar-refractivity contribution in [2.75, 3.05) is 58.6 Å². The maximum absolute atomic E-state index is 4.74. The molecule has 0 radical (unpaired) electrons. The second kappa shape index (κ2) is 7.70. The molecule has 2 N–H and O–H groups in total. The van der Waals surface area contributed by atoms with Gasteiger partial charge in [0.15, 0.2) is 5.96 Å². The third-order valence-electron chi connectivity index (χ3n) is 4.41. The van der Waals surface area contributed by atoms with Crippen LogP contribution in [0.4, 0.5) is 0 Å². The third-order valence-corrected chi connectivity index (χ3v) is 5.65. The van der Waals surface area contributed by atoms with Crippen LogP contribution in [0.3, 0.4) is 0 Å². The van der Waals surface area contributed by atoms with Crippen molar-refractivity contribution in [2.24, 2.45) is 4.99 Å². The second-order valence-electron chi connectivity index (χ2n) is 6.53. The van der Waals surface area contributed by atoms with Crippen LogP contribution in [0.15, 0.2) is 4.99 Å². The summed E-state index contributed by atoms with van der Waals surface area (Å²) in [5.41, 5.74) is 0. The van der Waals surface area contributed by atoms with Gasteiger partial charge in [0.25, 0.3) is 0 Å². The number of guanidine groups is 1. The van der Waals surface area contributed by atoms with Gasteiger partial charge in [-0.25, -0.2) is 0 Å². The Balaban J connectivity index is 1.83. The van der Waals surface area contributed by atoms with E-state index in [4.69, 9.17) is 4.99 Å². The molecule has 3 aliphatic heterocycles. The first-order valence-corrected chi connectivity index (χ1v) is 9.30. The number of rotatable bonds is 6. The number of piperazine rings is 3. The van der Waals surface area contributed by atoms with Gasteiger partial charge in [-0.15, -0.1) is 0 Å². The molecule has 3 heterocycles. The van der Waals surface area contributed by atoms with E-state index in [2.05, 4.69) is 47.5 Å². The molecule has 6 heteroatoms. The lowest BCUT2D eigenvalue weighted by molar-refractivity contribution is 0.0154. The van der Waals surface area contributed by atoms with Crippen LogP contribution in [0.1, 0.15) is 20.8 Å². The largest absolute Gasteiger partial charge is 0.357 e. The summed E-state index contributed by atoms with van der Waals surface area (Å²) in [5, 5.41) is 6.89. The van der Waals surface area contributed by atoms with Gasteiger partial charge in [0.1, 0.15) is 0 Å². The minimum absolute atomic E-state index is 0.196. The van der Waals surface area contributed by atoms with E-state index >= 15 is 0 Å². The molecule has 1 atom stereocenters. The van der Waals surface area contributed by atoms with Crippen LogP contribution in [0.25, 0.3) is 0 Å². The zero-order chi connectivity index (χ0) is 15.3. The molecule has 3 saturated heterocycles. The first kappa shape index (κ1) is 16.9. The zero-order valence-corrected chi connectivity index (χ0v) is 14.8. The molecule has 0 aliphatic carbocycles. The summed E-state index contributed by atoms with van der Waals surface area (Å²) >= 11 is 1.87. The number of thioether (sulfide) groups is 1. The fourth-order valence-corrected chi connectivity index (χ4v) is 3.00. The van der Waals surface area contributed by atoms with Crippen LogP contribution in [-0.2, 0) is 0 Å². The van der Waals surface area contributed by atoms with Gasteiger partial charge in [-0.1, -0.05) is 0 Å². The Hall–Kier alpha value is -0.460. The van der Waals surface area contributed by atoms with Gasteiger partial charge in [-0.2, -0.15) is 11.8 Å². The van der Waals surface area contributed by atoms with E-state index in [0.29, 0.717) is 6.04 Å². The topological polar surface area (TPSA) is 42.9 Å².